The zero-order valence-corrected chi connectivity index (χ0v) is 13.5. The molecule has 0 radical (unpaired) electrons. The number of carbonyl (C=O) groups is 1. The van der Waals surface area contributed by atoms with E-state index >= 15 is 0 Å². The van der Waals surface area contributed by atoms with Gasteiger partial charge in [-0.3, -0.25) is 4.79 Å². The van der Waals surface area contributed by atoms with Gasteiger partial charge in [0.05, 0.1) is 28.8 Å². The average Bonchev–Trinajstić information content (AvgIpc) is 2.97. The highest BCUT2D eigenvalue weighted by Gasteiger charge is 2.21. The molecule has 25 heavy (non-hydrogen) atoms. The molecule has 0 aliphatic rings. The number of rotatable bonds is 4. The molecule has 1 aromatic carbocycles. The Balaban J connectivity index is 1.76. The van der Waals surface area contributed by atoms with Crippen molar-refractivity contribution >= 4 is 17.0 Å². The minimum absolute atomic E-state index is 0.162. The molecule has 0 saturated carbocycles. The molecule has 0 fully saturated rings. The maximum absolute atomic E-state index is 13.3. The van der Waals surface area contributed by atoms with Crippen LogP contribution in [0.1, 0.15) is 34.6 Å². The van der Waals surface area contributed by atoms with Gasteiger partial charge >= 0.3 is 0 Å². The normalized spacial score (nSPS) is 13.6. The van der Waals surface area contributed by atoms with E-state index in [9.17, 15) is 18.7 Å². The van der Waals surface area contributed by atoms with Crippen LogP contribution in [0.5, 0.6) is 0 Å². The summed E-state index contributed by atoms with van der Waals surface area (Å²) in [5.74, 6) is -2.53. The summed E-state index contributed by atoms with van der Waals surface area (Å²) in [6.45, 7) is 3.28. The van der Waals surface area contributed by atoms with Gasteiger partial charge in [-0.2, -0.15) is 0 Å². The third kappa shape index (κ3) is 3.34. The number of aliphatic hydroxyl groups excluding tert-OH is 1. The molecule has 0 aliphatic carbocycles. The van der Waals surface area contributed by atoms with Crippen molar-refractivity contribution in [2.75, 3.05) is 0 Å². The fourth-order valence-electron chi connectivity index (χ4n) is 2.42. The van der Waals surface area contributed by atoms with Gasteiger partial charge in [0.25, 0.3) is 11.6 Å². The summed E-state index contributed by atoms with van der Waals surface area (Å²) in [7, 11) is 0. The van der Waals surface area contributed by atoms with Crippen LogP contribution in [0, 0.1) is 18.6 Å². The fraction of sp³-hybridized carbons (Fsp3) is 0.235. The smallest absolute Gasteiger partial charge is 0.257 e. The van der Waals surface area contributed by atoms with Crippen molar-refractivity contribution in [3.63, 3.8) is 0 Å². The molecule has 3 aromatic rings. The second-order valence-corrected chi connectivity index (χ2v) is 5.73. The number of aromatic nitrogens is 2. The number of amides is 1. The van der Waals surface area contributed by atoms with Crippen LogP contribution in [-0.4, -0.2) is 27.2 Å². The lowest BCUT2D eigenvalue weighted by atomic mass is 10.0. The first-order valence-corrected chi connectivity index (χ1v) is 7.52. The van der Waals surface area contributed by atoms with E-state index in [1.165, 1.54) is 12.3 Å². The van der Waals surface area contributed by atoms with Crippen molar-refractivity contribution in [2.24, 2.45) is 0 Å². The number of aryl methyl sites for hydroxylation is 1. The molecule has 130 valence electrons. The Morgan fingerprint density at radius 1 is 1.28 bits per heavy atom. The van der Waals surface area contributed by atoms with E-state index in [0.29, 0.717) is 16.8 Å². The standard InChI is InChI=1S/C17H15F2N3O3/c1-8-12-5-11(7-20-17(12)25-22-8)16(24)21-9(2)15(23)10-3-4-13(18)14(19)6-10/h3-7,9,15,23H,1-2H3,(H,21,24). The SMILES string of the molecule is Cc1noc2ncc(C(=O)NC(C)C(O)c3ccc(F)c(F)c3)cc12. The number of nitrogens with one attached hydrogen (secondary N) is 1. The summed E-state index contributed by atoms with van der Waals surface area (Å²) in [6.07, 6.45) is 0.131. The molecule has 1 amide bonds. The number of nitrogens with zero attached hydrogens (tertiary/aromatic N) is 2. The van der Waals surface area contributed by atoms with Crippen molar-refractivity contribution in [3.05, 3.63) is 58.9 Å². The highest BCUT2D eigenvalue weighted by atomic mass is 19.2. The van der Waals surface area contributed by atoms with E-state index in [1.54, 1.807) is 19.9 Å². The minimum Gasteiger partial charge on any atom is -0.386 e. The Kier molecular flexibility index (Phi) is 4.45. The summed E-state index contributed by atoms with van der Waals surface area (Å²) < 4.78 is 31.3. The first-order chi connectivity index (χ1) is 11.9. The molecule has 2 N–H and O–H groups in total. The summed E-state index contributed by atoms with van der Waals surface area (Å²) >= 11 is 0. The molecule has 8 heteroatoms. The number of hydrogen-bond acceptors (Lipinski definition) is 5. The number of aliphatic hydroxyl groups is 1. The Hall–Kier alpha value is -2.87. The van der Waals surface area contributed by atoms with E-state index in [2.05, 4.69) is 15.5 Å². The first kappa shape index (κ1) is 17.0. The first-order valence-electron chi connectivity index (χ1n) is 7.52. The van der Waals surface area contributed by atoms with E-state index < -0.39 is 29.7 Å². The van der Waals surface area contributed by atoms with E-state index in [4.69, 9.17) is 4.52 Å². The van der Waals surface area contributed by atoms with Crippen LogP contribution in [0.4, 0.5) is 8.78 Å². The van der Waals surface area contributed by atoms with Crippen LogP contribution >= 0.6 is 0 Å². The number of benzene rings is 1. The van der Waals surface area contributed by atoms with Crippen LogP contribution in [0.25, 0.3) is 11.1 Å². The third-order valence-electron chi connectivity index (χ3n) is 3.89. The summed E-state index contributed by atoms with van der Waals surface area (Å²) in [4.78, 5) is 16.4. The summed E-state index contributed by atoms with van der Waals surface area (Å²) in [5.41, 5.74) is 1.36. The lowest BCUT2D eigenvalue weighted by molar-refractivity contribution is 0.0851. The molecular weight excluding hydrogens is 332 g/mol. The van der Waals surface area contributed by atoms with Crippen LogP contribution in [0.15, 0.2) is 35.0 Å². The predicted molar refractivity (Wildman–Crippen MR) is 84.8 cm³/mol. The predicted octanol–water partition coefficient (Wildman–Crippen LogP) is 2.66. The third-order valence-corrected chi connectivity index (χ3v) is 3.89. The molecule has 2 atom stereocenters. The van der Waals surface area contributed by atoms with Crippen molar-refractivity contribution in [3.8, 4) is 0 Å². The van der Waals surface area contributed by atoms with Gasteiger partial charge in [0.1, 0.15) is 0 Å². The van der Waals surface area contributed by atoms with E-state index in [1.807, 2.05) is 0 Å². The molecule has 0 bridgehead atoms. The van der Waals surface area contributed by atoms with Crippen molar-refractivity contribution < 1.29 is 23.2 Å². The van der Waals surface area contributed by atoms with Crippen LogP contribution in [0.3, 0.4) is 0 Å². The molecule has 2 heterocycles. The van der Waals surface area contributed by atoms with Crippen molar-refractivity contribution in [2.45, 2.75) is 26.0 Å². The van der Waals surface area contributed by atoms with Crippen LogP contribution in [0.2, 0.25) is 0 Å². The minimum atomic E-state index is -1.20. The van der Waals surface area contributed by atoms with Gasteiger partial charge in [0.2, 0.25) is 0 Å². The second kappa shape index (κ2) is 6.56. The summed E-state index contributed by atoms with van der Waals surface area (Å²) in [5, 5.41) is 17.2. The maximum atomic E-state index is 13.3. The largest absolute Gasteiger partial charge is 0.386 e. The van der Waals surface area contributed by atoms with Gasteiger partial charge in [-0.05, 0) is 37.6 Å². The average molecular weight is 347 g/mol. The molecule has 2 aromatic heterocycles. The molecular formula is C17H15F2N3O3. The number of pyridine rings is 1. The molecule has 0 aliphatic heterocycles. The molecule has 0 spiro atoms. The molecule has 0 saturated heterocycles. The second-order valence-electron chi connectivity index (χ2n) is 5.73. The van der Waals surface area contributed by atoms with Gasteiger partial charge in [0, 0.05) is 6.20 Å². The molecule has 3 rings (SSSR count). The van der Waals surface area contributed by atoms with Crippen LogP contribution in [-0.2, 0) is 0 Å². The van der Waals surface area contributed by atoms with E-state index in [0.717, 1.165) is 12.1 Å². The number of carbonyl (C=O) groups excluding carboxylic acids is 1. The summed E-state index contributed by atoms with van der Waals surface area (Å²) in [6, 6.07) is 3.93. The van der Waals surface area contributed by atoms with Gasteiger partial charge in [-0.1, -0.05) is 11.2 Å². The zero-order chi connectivity index (χ0) is 18.1. The Morgan fingerprint density at radius 3 is 2.76 bits per heavy atom. The number of hydrogen-bond donors (Lipinski definition) is 2. The maximum Gasteiger partial charge on any atom is 0.257 e. The van der Waals surface area contributed by atoms with Gasteiger partial charge in [0.15, 0.2) is 11.6 Å². The number of halogens is 2. The topological polar surface area (TPSA) is 88.2 Å². The highest BCUT2D eigenvalue weighted by molar-refractivity contribution is 5.97. The molecule has 2 unspecified atom stereocenters. The lowest BCUT2D eigenvalue weighted by Gasteiger charge is -2.20. The van der Waals surface area contributed by atoms with Crippen molar-refractivity contribution in [1.29, 1.82) is 0 Å². The Bertz CT molecular complexity index is 942. The quantitative estimate of drug-likeness (QED) is 0.757. The molecule has 6 nitrogen and oxygen atoms in total. The van der Waals surface area contributed by atoms with Crippen LogP contribution < -0.4 is 5.32 Å². The van der Waals surface area contributed by atoms with Gasteiger partial charge in [-0.15, -0.1) is 0 Å². The van der Waals surface area contributed by atoms with Crippen molar-refractivity contribution in [1.82, 2.24) is 15.5 Å². The fourth-order valence-corrected chi connectivity index (χ4v) is 2.42. The zero-order valence-electron chi connectivity index (χ0n) is 13.5. The lowest BCUT2D eigenvalue weighted by Crippen LogP contribution is -2.37. The van der Waals surface area contributed by atoms with E-state index in [-0.39, 0.29) is 11.1 Å². The highest BCUT2D eigenvalue weighted by Crippen LogP contribution is 2.20. The Morgan fingerprint density at radius 2 is 2.04 bits per heavy atom. The monoisotopic (exact) mass is 347 g/mol. The van der Waals surface area contributed by atoms with Gasteiger partial charge in [-0.25, -0.2) is 13.8 Å². The Labute approximate surface area is 141 Å². The number of fused-ring (bicyclic) bond motifs is 1. The van der Waals surface area contributed by atoms with Gasteiger partial charge < -0.3 is 14.9 Å².